The van der Waals surface area contributed by atoms with Gasteiger partial charge in [-0.15, -0.1) is 0 Å². The van der Waals surface area contributed by atoms with Crippen LogP contribution in [0.15, 0.2) is 15.5 Å². The van der Waals surface area contributed by atoms with E-state index in [9.17, 15) is 4.79 Å². The molecule has 0 aromatic carbocycles. The second-order valence-electron chi connectivity index (χ2n) is 2.80. The second-order valence-corrected chi connectivity index (χ2v) is 3.59. The highest BCUT2D eigenvalue weighted by Crippen LogP contribution is 2.10. The van der Waals surface area contributed by atoms with Crippen LogP contribution in [0.3, 0.4) is 0 Å². The largest absolute Gasteiger partial charge is 0.396 e. The minimum atomic E-state index is -0.159. The third-order valence-electron chi connectivity index (χ3n) is 1.74. The van der Waals surface area contributed by atoms with Gasteiger partial charge < -0.3 is 5.73 Å². The monoisotopic (exact) mass is 245 g/mol. The normalized spacial score (nSPS) is 10.3. The van der Waals surface area contributed by atoms with Crippen LogP contribution < -0.4 is 11.3 Å². The van der Waals surface area contributed by atoms with Crippen molar-refractivity contribution in [2.24, 2.45) is 0 Å². The summed E-state index contributed by atoms with van der Waals surface area (Å²) in [6, 6.07) is 0. The Labute approximate surface area is 84.9 Å². The van der Waals surface area contributed by atoms with Crippen molar-refractivity contribution in [3.8, 4) is 0 Å². The predicted octanol–water partition coefficient (Wildman–Crippen LogP) is 1.39. The average Bonchev–Trinajstić information content (AvgIpc) is 2.13. The van der Waals surface area contributed by atoms with Crippen molar-refractivity contribution in [1.82, 2.24) is 9.78 Å². The Morgan fingerprint density at radius 2 is 2.38 bits per heavy atom. The summed E-state index contributed by atoms with van der Waals surface area (Å²) in [4.78, 5) is 11.5. The molecule has 0 atom stereocenters. The van der Waals surface area contributed by atoms with Gasteiger partial charge in [0.2, 0.25) is 0 Å². The SMILES string of the molecule is CCCCn1ncc(N)c(Br)c1=O. The Balaban J connectivity index is 2.97. The Bertz CT molecular complexity index is 348. The topological polar surface area (TPSA) is 60.9 Å². The summed E-state index contributed by atoms with van der Waals surface area (Å²) in [5, 5.41) is 3.93. The number of hydrogen-bond acceptors (Lipinski definition) is 3. The van der Waals surface area contributed by atoms with Crippen LogP contribution in [0.25, 0.3) is 0 Å². The molecule has 1 aromatic heterocycles. The van der Waals surface area contributed by atoms with Crippen LogP contribution in [0.5, 0.6) is 0 Å². The molecule has 0 radical (unpaired) electrons. The van der Waals surface area contributed by atoms with Crippen LogP contribution in [0, 0.1) is 0 Å². The Morgan fingerprint density at radius 1 is 1.69 bits per heavy atom. The molecule has 0 spiro atoms. The number of nitrogens with two attached hydrogens (primary N) is 1. The summed E-state index contributed by atoms with van der Waals surface area (Å²) >= 11 is 3.12. The van der Waals surface area contributed by atoms with E-state index >= 15 is 0 Å². The smallest absolute Gasteiger partial charge is 0.283 e. The lowest BCUT2D eigenvalue weighted by Crippen LogP contribution is -2.24. The molecule has 1 aromatic rings. The highest BCUT2D eigenvalue weighted by atomic mass is 79.9. The van der Waals surface area contributed by atoms with Crippen molar-refractivity contribution in [3.63, 3.8) is 0 Å². The fourth-order valence-corrected chi connectivity index (χ4v) is 1.25. The molecule has 0 fully saturated rings. The highest BCUT2D eigenvalue weighted by Gasteiger charge is 2.04. The van der Waals surface area contributed by atoms with E-state index < -0.39 is 0 Å². The van der Waals surface area contributed by atoms with Gasteiger partial charge in [0.25, 0.3) is 5.56 Å². The van der Waals surface area contributed by atoms with Crippen molar-refractivity contribution in [2.45, 2.75) is 26.3 Å². The standard InChI is InChI=1S/C8H12BrN3O/c1-2-3-4-12-8(13)7(9)6(10)5-11-12/h5H,2-4,10H2,1H3. The van der Waals surface area contributed by atoms with Crippen molar-refractivity contribution in [2.75, 3.05) is 5.73 Å². The van der Waals surface area contributed by atoms with E-state index in [1.165, 1.54) is 10.9 Å². The van der Waals surface area contributed by atoms with Crippen LogP contribution >= 0.6 is 15.9 Å². The summed E-state index contributed by atoms with van der Waals surface area (Å²) in [6.45, 7) is 2.71. The van der Waals surface area contributed by atoms with Crippen LogP contribution in [0.2, 0.25) is 0 Å². The van der Waals surface area contributed by atoms with E-state index in [2.05, 4.69) is 28.0 Å². The Kier molecular flexibility index (Phi) is 3.48. The molecular weight excluding hydrogens is 234 g/mol. The lowest BCUT2D eigenvalue weighted by atomic mass is 10.3. The molecule has 0 unspecified atom stereocenters. The van der Waals surface area contributed by atoms with Crippen molar-refractivity contribution >= 4 is 21.6 Å². The minimum absolute atomic E-state index is 0.159. The zero-order chi connectivity index (χ0) is 9.84. The fraction of sp³-hybridized carbons (Fsp3) is 0.500. The van der Waals surface area contributed by atoms with Crippen LogP contribution in [0.1, 0.15) is 19.8 Å². The maximum Gasteiger partial charge on any atom is 0.283 e. The number of nitrogen functional groups attached to an aromatic ring is 1. The Hall–Kier alpha value is -0.840. The van der Waals surface area contributed by atoms with Crippen LogP contribution in [0.4, 0.5) is 5.69 Å². The summed E-state index contributed by atoms with van der Waals surface area (Å²) < 4.78 is 1.82. The average molecular weight is 246 g/mol. The molecule has 1 heterocycles. The molecule has 0 saturated carbocycles. The van der Waals surface area contributed by atoms with Crippen molar-refractivity contribution in [1.29, 1.82) is 0 Å². The van der Waals surface area contributed by atoms with Crippen LogP contribution in [-0.4, -0.2) is 9.78 Å². The van der Waals surface area contributed by atoms with Gasteiger partial charge in [0.05, 0.1) is 11.9 Å². The third kappa shape index (κ3) is 2.30. The molecule has 2 N–H and O–H groups in total. The second kappa shape index (κ2) is 4.41. The predicted molar refractivity (Wildman–Crippen MR) is 55.5 cm³/mol. The summed E-state index contributed by atoms with van der Waals surface area (Å²) in [6.07, 6.45) is 3.47. The maximum absolute atomic E-state index is 11.5. The van der Waals surface area contributed by atoms with E-state index in [0.29, 0.717) is 16.7 Å². The summed E-state index contributed by atoms with van der Waals surface area (Å²) in [5.74, 6) is 0. The quantitative estimate of drug-likeness (QED) is 0.876. The van der Waals surface area contributed by atoms with Crippen molar-refractivity contribution in [3.05, 3.63) is 21.0 Å². The molecule has 0 saturated heterocycles. The summed E-state index contributed by atoms with van der Waals surface area (Å²) in [5.41, 5.74) is 5.72. The molecule has 1 rings (SSSR count). The van der Waals surface area contributed by atoms with Gasteiger partial charge in [0.15, 0.2) is 0 Å². The van der Waals surface area contributed by atoms with Gasteiger partial charge >= 0.3 is 0 Å². The van der Waals surface area contributed by atoms with Gasteiger partial charge in [-0.2, -0.15) is 5.10 Å². The van der Waals surface area contributed by atoms with E-state index in [-0.39, 0.29) is 5.56 Å². The first-order chi connectivity index (χ1) is 6.16. The van der Waals surface area contributed by atoms with E-state index in [0.717, 1.165) is 12.8 Å². The number of nitrogens with zero attached hydrogens (tertiary/aromatic N) is 2. The highest BCUT2D eigenvalue weighted by molar-refractivity contribution is 9.10. The van der Waals surface area contributed by atoms with Gasteiger partial charge in [0.1, 0.15) is 4.47 Å². The first-order valence-corrected chi connectivity index (χ1v) is 4.97. The number of aromatic nitrogens is 2. The number of anilines is 1. The summed E-state index contributed by atoms with van der Waals surface area (Å²) in [7, 11) is 0. The lowest BCUT2D eigenvalue weighted by Gasteiger charge is -2.04. The number of hydrogen-bond donors (Lipinski definition) is 1. The number of rotatable bonds is 3. The molecular formula is C8H12BrN3O. The molecule has 0 bridgehead atoms. The van der Waals surface area contributed by atoms with Gasteiger partial charge in [-0.25, -0.2) is 4.68 Å². The van der Waals surface area contributed by atoms with E-state index in [1.807, 2.05) is 0 Å². The molecule has 13 heavy (non-hydrogen) atoms. The van der Waals surface area contributed by atoms with Gasteiger partial charge in [-0.1, -0.05) is 13.3 Å². The van der Waals surface area contributed by atoms with E-state index in [4.69, 9.17) is 5.73 Å². The fourth-order valence-electron chi connectivity index (χ4n) is 0.945. The Morgan fingerprint density at radius 3 is 3.00 bits per heavy atom. The van der Waals surface area contributed by atoms with Crippen molar-refractivity contribution < 1.29 is 0 Å². The first-order valence-electron chi connectivity index (χ1n) is 4.18. The zero-order valence-corrected chi connectivity index (χ0v) is 9.04. The number of unbranched alkanes of at least 4 members (excludes halogenated alkanes) is 1. The molecule has 72 valence electrons. The minimum Gasteiger partial charge on any atom is -0.396 e. The van der Waals surface area contributed by atoms with Crippen LogP contribution in [-0.2, 0) is 6.54 Å². The maximum atomic E-state index is 11.5. The first kappa shape index (κ1) is 10.2. The van der Waals surface area contributed by atoms with Gasteiger partial charge in [-0.3, -0.25) is 4.79 Å². The molecule has 4 nitrogen and oxygen atoms in total. The number of halogens is 1. The molecule has 0 amide bonds. The number of aryl methyl sites for hydroxylation is 1. The molecule has 5 heteroatoms. The molecule has 0 aliphatic heterocycles. The lowest BCUT2D eigenvalue weighted by molar-refractivity contribution is 0.541. The van der Waals surface area contributed by atoms with Gasteiger partial charge in [0, 0.05) is 6.54 Å². The zero-order valence-electron chi connectivity index (χ0n) is 7.46. The molecule has 0 aliphatic rings. The van der Waals surface area contributed by atoms with E-state index in [1.54, 1.807) is 0 Å². The molecule has 0 aliphatic carbocycles. The van der Waals surface area contributed by atoms with Gasteiger partial charge in [-0.05, 0) is 22.4 Å². The third-order valence-corrected chi connectivity index (χ3v) is 2.53.